The van der Waals surface area contributed by atoms with E-state index in [-0.39, 0.29) is 5.79 Å². The maximum Gasteiger partial charge on any atom is 0.165 e. The van der Waals surface area contributed by atoms with Gasteiger partial charge < -0.3 is 9.47 Å². The summed E-state index contributed by atoms with van der Waals surface area (Å²) in [5, 5.41) is 0. The van der Waals surface area contributed by atoms with Crippen LogP contribution >= 0.6 is 0 Å². The number of hydrogen-bond acceptors (Lipinski definition) is 2. The first-order valence-corrected chi connectivity index (χ1v) is 6.21. The van der Waals surface area contributed by atoms with Gasteiger partial charge in [0.1, 0.15) is 0 Å². The number of allylic oxidation sites excluding steroid dienone is 2. The topological polar surface area (TPSA) is 18.5 Å². The van der Waals surface area contributed by atoms with Gasteiger partial charge in [-0.25, -0.2) is 0 Å². The smallest absolute Gasteiger partial charge is 0.165 e. The molecule has 2 aliphatic carbocycles. The molecule has 3 unspecified atom stereocenters. The molecule has 1 saturated carbocycles. The Morgan fingerprint density at radius 2 is 2.00 bits per heavy atom. The minimum atomic E-state index is -0.290. The fourth-order valence-electron chi connectivity index (χ4n) is 3.40. The van der Waals surface area contributed by atoms with Crippen LogP contribution in [0, 0.1) is 17.8 Å². The summed E-state index contributed by atoms with van der Waals surface area (Å²) >= 11 is 0. The average Bonchev–Trinajstić information content (AvgIpc) is 2.79. The van der Waals surface area contributed by atoms with E-state index in [1.807, 2.05) is 0 Å². The predicted octanol–water partition coefficient (Wildman–Crippen LogP) is 2.74. The fourth-order valence-corrected chi connectivity index (χ4v) is 3.40. The third kappa shape index (κ3) is 1.85. The van der Waals surface area contributed by atoms with Crippen LogP contribution in [0.15, 0.2) is 12.2 Å². The molecule has 1 saturated heterocycles. The lowest BCUT2D eigenvalue weighted by Crippen LogP contribution is -2.39. The van der Waals surface area contributed by atoms with Crippen molar-refractivity contribution in [3.8, 4) is 0 Å². The van der Waals surface area contributed by atoms with Gasteiger partial charge in [0, 0.05) is 6.42 Å². The van der Waals surface area contributed by atoms with E-state index >= 15 is 0 Å². The molecule has 2 nitrogen and oxygen atoms in total. The van der Waals surface area contributed by atoms with Gasteiger partial charge in [-0.15, -0.1) is 0 Å². The van der Waals surface area contributed by atoms with Crippen LogP contribution < -0.4 is 0 Å². The first-order valence-electron chi connectivity index (χ1n) is 6.21. The summed E-state index contributed by atoms with van der Waals surface area (Å²) in [6, 6.07) is 0. The standard InChI is InChI=1S/C13H20O2/c1-13(14-5-2-6-15-13)9-12-8-10-3-4-11(12)7-10/h3-4,10-12H,2,5-9H2,1H3. The van der Waals surface area contributed by atoms with Crippen molar-refractivity contribution in [2.75, 3.05) is 13.2 Å². The molecule has 3 aliphatic rings. The molecule has 3 atom stereocenters. The molecule has 0 aromatic rings. The zero-order valence-electron chi connectivity index (χ0n) is 9.45. The summed E-state index contributed by atoms with van der Waals surface area (Å²) in [6.07, 6.45) is 9.66. The lowest BCUT2D eigenvalue weighted by atomic mass is 9.87. The second-order valence-corrected chi connectivity index (χ2v) is 5.43. The number of fused-ring (bicyclic) bond motifs is 2. The minimum Gasteiger partial charge on any atom is -0.350 e. The van der Waals surface area contributed by atoms with E-state index in [4.69, 9.17) is 9.47 Å². The molecule has 0 amide bonds. The van der Waals surface area contributed by atoms with Crippen molar-refractivity contribution in [3.63, 3.8) is 0 Å². The fraction of sp³-hybridized carbons (Fsp3) is 0.846. The Labute approximate surface area is 91.6 Å². The molecule has 0 radical (unpaired) electrons. The first-order chi connectivity index (χ1) is 7.25. The predicted molar refractivity (Wildman–Crippen MR) is 58.4 cm³/mol. The van der Waals surface area contributed by atoms with Crippen LogP contribution in [0.2, 0.25) is 0 Å². The average molecular weight is 208 g/mol. The van der Waals surface area contributed by atoms with Gasteiger partial charge in [0.05, 0.1) is 13.2 Å². The van der Waals surface area contributed by atoms with E-state index < -0.39 is 0 Å². The molecule has 1 aliphatic heterocycles. The molecule has 1 heterocycles. The highest BCUT2D eigenvalue weighted by molar-refractivity contribution is 5.10. The molecule has 0 aromatic carbocycles. The summed E-state index contributed by atoms with van der Waals surface area (Å²) in [5.41, 5.74) is 0. The third-order valence-electron chi connectivity index (χ3n) is 4.15. The lowest BCUT2D eigenvalue weighted by Gasteiger charge is -2.37. The first kappa shape index (κ1) is 9.86. The Hall–Kier alpha value is -0.340. The van der Waals surface area contributed by atoms with Crippen LogP contribution in [0.25, 0.3) is 0 Å². The lowest BCUT2D eigenvalue weighted by molar-refractivity contribution is -0.264. The van der Waals surface area contributed by atoms with E-state index in [0.29, 0.717) is 0 Å². The third-order valence-corrected chi connectivity index (χ3v) is 4.15. The normalized spacial score (nSPS) is 42.3. The molecule has 2 heteroatoms. The Kier molecular flexibility index (Phi) is 2.37. The highest BCUT2D eigenvalue weighted by Gasteiger charge is 2.41. The molecule has 15 heavy (non-hydrogen) atoms. The summed E-state index contributed by atoms with van der Waals surface area (Å²) in [5.74, 6) is 2.16. The molecular weight excluding hydrogens is 188 g/mol. The van der Waals surface area contributed by atoms with E-state index in [1.54, 1.807) is 0 Å². The SMILES string of the molecule is CC1(CC2CC3C=CC2C3)OCCCO1. The Morgan fingerprint density at radius 1 is 1.20 bits per heavy atom. The van der Waals surface area contributed by atoms with Crippen molar-refractivity contribution in [2.45, 2.75) is 38.4 Å². The van der Waals surface area contributed by atoms with E-state index in [1.165, 1.54) is 12.8 Å². The highest BCUT2D eigenvalue weighted by Crippen LogP contribution is 2.47. The van der Waals surface area contributed by atoms with E-state index in [2.05, 4.69) is 19.1 Å². The highest BCUT2D eigenvalue weighted by atomic mass is 16.7. The van der Waals surface area contributed by atoms with Crippen LogP contribution in [0.1, 0.15) is 32.6 Å². The number of hydrogen-bond donors (Lipinski definition) is 0. The van der Waals surface area contributed by atoms with Crippen molar-refractivity contribution < 1.29 is 9.47 Å². The molecule has 3 rings (SSSR count). The molecule has 2 bridgehead atoms. The molecule has 84 valence electrons. The summed E-state index contributed by atoms with van der Waals surface area (Å²) in [4.78, 5) is 0. The molecule has 2 fully saturated rings. The summed E-state index contributed by atoms with van der Waals surface area (Å²) in [6.45, 7) is 3.85. The zero-order chi connectivity index (χ0) is 10.3. The largest absolute Gasteiger partial charge is 0.350 e. The van der Waals surface area contributed by atoms with Crippen LogP contribution in [-0.2, 0) is 9.47 Å². The molecule has 0 N–H and O–H groups in total. The van der Waals surface area contributed by atoms with Crippen LogP contribution in [-0.4, -0.2) is 19.0 Å². The maximum atomic E-state index is 5.79. The zero-order valence-corrected chi connectivity index (χ0v) is 9.45. The number of rotatable bonds is 2. The van der Waals surface area contributed by atoms with Gasteiger partial charge in [-0.3, -0.25) is 0 Å². The van der Waals surface area contributed by atoms with Crippen molar-refractivity contribution in [1.82, 2.24) is 0 Å². The maximum absolute atomic E-state index is 5.79. The quantitative estimate of drug-likeness (QED) is 0.650. The van der Waals surface area contributed by atoms with E-state index in [0.717, 1.165) is 43.8 Å². The van der Waals surface area contributed by atoms with Gasteiger partial charge >= 0.3 is 0 Å². The van der Waals surface area contributed by atoms with E-state index in [9.17, 15) is 0 Å². The van der Waals surface area contributed by atoms with Gasteiger partial charge in [-0.05, 0) is 43.9 Å². The Bertz CT molecular complexity index is 266. The van der Waals surface area contributed by atoms with Crippen molar-refractivity contribution >= 4 is 0 Å². The molecule has 0 aromatic heterocycles. The second kappa shape index (κ2) is 3.60. The molecular formula is C13H20O2. The van der Waals surface area contributed by atoms with Crippen molar-refractivity contribution in [1.29, 1.82) is 0 Å². The van der Waals surface area contributed by atoms with Gasteiger partial charge in [-0.2, -0.15) is 0 Å². The summed E-state index contributed by atoms with van der Waals surface area (Å²) in [7, 11) is 0. The Balaban J connectivity index is 1.62. The number of ether oxygens (including phenoxy) is 2. The van der Waals surface area contributed by atoms with Crippen LogP contribution in [0.3, 0.4) is 0 Å². The minimum absolute atomic E-state index is 0.290. The van der Waals surface area contributed by atoms with Gasteiger partial charge in [0.15, 0.2) is 5.79 Å². The van der Waals surface area contributed by atoms with Crippen LogP contribution in [0.5, 0.6) is 0 Å². The Morgan fingerprint density at radius 3 is 2.60 bits per heavy atom. The van der Waals surface area contributed by atoms with Gasteiger partial charge in [0.25, 0.3) is 0 Å². The van der Waals surface area contributed by atoms with Gasteiger partial charge in [-0.1, -0.05) is 12.2 Å². The monoisotopic (exact) mass is 208 g/mol. The van der Waals surface area contributed by atoms with Crippen molar-refractivity contribution in [3.05, 3.63) is 12.2 Å². The summed E-state index contributed by atoms with van der Waals surface area (Å²) < 4.78 is 11.6. The van der Waals surface area contributed by atoms with Crippen LogP contribution in [0.4, 0.5) is 0 Å². The van der Waals surface area contributed by atoms with Gasteiger partial charge in [0.2, 0.25) is 0 Å². The second-order valence-electron chi connectivity index (χ2n) is 5.43. The van der Waals surface area contributed by atoms with Crippen molar-refractivity contribution in [2.24, 2.45) is 17.8 Å². The molecule has 0 spiro atoms.